The predicted molar refractivity (Wildman–Crippen MR) is 89.1 cm³/mol. The molecule has 2 rings (SSSR count). The third-order valence-corrected chi connectivity index (χ3v) is 3.69. The van der Waals surface area contributed by atoms with Crippen molar-refractivity contribution in [1.82, 2.24) is 0 Å². The number of ketones is 1. The van der Waals surface area contributed by atoms with E-state index in [4.69, 9.17) is 23.2 Å². The lowest BCUT2D eigenvalue weighted by Gasteiger charge is -2.05. The Morgan fingerprint density at radius 3 is 2.42 bits per heavy atom. The minimum Gasteiger partial charge on any atom is -0.502 e. The first-order valence-corrected chi connectivity index (χ1v) is 7.18. The average molecular weight is 363 g/mol. The van der Waals surface area contributed by atoms with E-state index in [1.807, 2.05) is 0 Å². The van der Waals surface area contributed by atoms with Gasteiger partial charge in [0.1, 0.15) is 11.6 Å². The van der Waals surface area contributed by atoms with E-state index in [9.17, 15) is 25.3 Å². The number of nitrogens with zero attached hydrogens (tertiary/aromatic N) is 2. The summed E-state index contributed by atoms with van der Waals surface area (Å²) in [7, 11) is 0. The largest absolute Gasteiger partial charge is 0.502 e. The fourth-order valence-corrected chi connectivity index (χ4v) is 2.51. The zero-order valence-electron chi connectivity index (χ0n) is 11.9. The molecule has 0 aromatic heterocycles. The van der Waals surface area contributed by atoms with Crippen LogP contribution in [-0.2, 0) is 0 Å². The molecule has 2 aromatic carbocycles. The van der Waals surface area contributed by atoms with Gasteiger partial charge in [0.05, 0.1) is 20.5 Å². The van der Waals surface area contributed by atoms with Crippen molar-refractivity contribution < 1.29 is 14.8 Å². The van der Waals surface area contributed by atoms with Crippen molar-refractivity contribution >= 4 is 40.7 Å². The Bertz CT molecular complexity index is 897. The number of carbonyl (C=O) groups is 1. The molecule has 0 saturated heterocycles. The molecule has 0 aliphatic rings. The fraction of sp³-hybridized carbons (Fsp3) is 0. The standard InChI is InChI=1S/C16H8Cl2N2O4/c17-11-2-1-3-12(18)15(11)16(22)10(8-19)6-9-4-5-14(21)13(7-9)20(23)24/h1-7,21H/b10-6-. The average Bonchev–Trinajstić information content (AvgIpc) is 2.53. The van der Waals surface area contributed by atoms with Gasteiger partial charge in [0.2, 0.25) is 5.78 Å². The highest BCUT2D eigenvalue weighted by atomic mass is 35.5. The third kappa shape index (κ3) is 3.54. The molecule has 0 saturated carbocycles. The Hall–Kier alpha value is -2.88. The number of carbonyl (C=O) groups excluding carboxylic acids is 1. The molecule has 0 atom stereocenters. The molecule has 0 amide bonds. The molecular formula is C16H8Cl2N2O4. The maximum absolute atomic E-state index is 12.5. The van der Waals surface area contributed by atoms with Gasteiger partial charge in [-0.3, -0.25) is 14.9 Å². The van der Waals surface area contributed by atoms with Gasteiger partial charge < -0.3 is 5.11 Å². The molecule has 0 spiro atoms. The van der Waals surface area contributed by atoms with Crippen LogP contribution in [0.2, 0.25) is 10.0 Å². The van der Waals surface area contributed by atoms with E-state index in [1.165, 1.54) is 18.2 Å². The fourth-order valence-electron chi connectivity index (χ4n) is 1.94. The minimum absolute atomic E-state index is 0.0260. The normalized spacial score (nSPS) is 11.0. The number of phenols is 1. The molecule has 0 radical (unpaired) electrons. The van der Waals surface area contributed by atoms with Crippen LogP contribution in [-0.4, -0.2) is 15.8 Å². The number of Topliss-reactive ketones (excluding diaryl/α,β-unsaturated/α-hetero) is 1. The molecule has 120 valence electrons. The quantitative estimate of drug-likeness (QED) is 0.285. The van der Waals surface area contributed by atoms with Gasteiger partial charge in [-0.15, -0.1) is 0 Å². The SMILES string of the molecule is N#C/C(=C/c1ccc(O)c([N+](=O)[O-])c1)C(=O)c1c(Cl)cccc1Cl. The van der Waals surface area contributed by atoms with Gasteiger partial charge in [0.25, 0.3) is 0 Å². The molecule has 0 aliphatic carbocycles. The summed E-state index contributed by atoms with van der Waals surface area (Å²) in [5, 5.41) is 29.7. The highest BCUT2D eigenvalue weighted by molar-refractivity contribution is 6.41. The summed E-state index contributed by atoms with van der Waals surface area (Å²) in [6, 6.07) is 9.69. The lowest BCUT2D eigenvalue weighted by atomic mass is 10.0. The molecule has 24 heavy (non-hydrogen) atoms. The molecule has 0 fully saturated rings. The van der Waals surface area contributed by atoms with Crippen molar-refractivity contribution in [3.05, 3.63) is 73.3 Å². The zero-order chi connectivity index (χ0) is 17.9. The second-order valence-corrected chi connectivity index (χ2v) is 5.42. The number of hydrogen-bond acceptors (Lipinski definition) is 5. The van der Waals surface area contributed by atoms with Crippen molar-refractivity contribution in [1.29, 1.82) is 5.26 Å². The van der Waals surface area contributed by atoms with E-state index < -0.39 is 22.1 Å². The lowest BCUT2D eigenvalue weighted by molar-refractivity contribution is -0.385. The molecule has 2 aromatic rings. The van der Waals surface area contributed by atoms with Crippen LogP contribution in [0.4, 0.5) is 5.69 Å². The molecule has 8 heteroatoms. The molecular weight excluding hydrogens is 355 g/mol. The zero-order valence-corrected chi connectivity index (χ0v) is 13.4. The number of rotatable bonds is 4. The van der Waals surface area contributed by atoms with Crippen LogP contribution in [0.5, 0.6) is 5.75 Å². The number of aromatic hydroxyl groups is 1. The molecule has 0 aliphatic heterocycles. The van der Waals surface area contributed by atoms with Gasteiger partial charge in [-0.05, 0) is 29.8 Å². The van der Waals surface area contributed by atoms with Crippen molar-refractivity contribution in [2.75, 3.05) is 0 Å². The number of nitro benzene ring substituents is 1. The number of nitro groups is 1. The van der Waals surface area contributed by atoms with Crippen molar-refractivity contribution in [3.8, 4) is 11.8 Å². The van der Waals surface area contributed by atoms with Crippen LogP contribution in [0.3, 0.4) is 0 Å². The molecule has 0 unspecified atom stereocenters. The smallest absolute Gasteiger partial charge is 0.311 e. The Morgan fingerprint density at radius 2 is 1.88 bits per heavy atom. The summed E-state index contributed by atoms with van der Waals surface area (Å²) in [5.41, 5.74) is -0.663. The lowest BCUT2D eigenvalue weighted by Crippen LogP contribution is -2.04. The van der Waals surface area contributed by atoms with E-state index in [-0.39, 0.29) is 26.7 Å². The first kappa shape index (κ1) is 17.5. The van der Waals surface area contributed by atoms with Gasteiger partial charge in [-0.25, -0.2) is 0 Å². The van der Waals surface area contributed by atoms with E-state index in [1.54, 1.807) is 12.1 Å². The number of nitriles is 1. The topological polar surface area (TPSA) is 104 Å². The van der Waals surface area contributed by atoms with Gasteiger partial charge in [0.15, 0.2) is 5.75 Å². The monoisotopic (exact) mass is 362 g/mol. The molecule has 1 N–H and O–H groups in total. The third-order valence-electron chi connectivity index (χ3n) is 3.06. The van der Waals surface area contributed by atoms with E-state index in [2.05, 4.69) is 0 Å². The number of hydrogen-bond donors (Lipinski definition) is 1. The van der Waals surface area contributed by atoms with Crippen LogP contribution >= 0.6 is 23.2 Å². The Balaban J connectivity index is 2.51. The van der Waals surface area contributed by atoms with Crippen molar-refractivity contribution in [2.24, 2.45) is 0 Å². The van der Waals surface area contributed by atoms with Crippen LogP contribution in [0.1, 0.15) is 15.9 Å². The summed E-state index contributed by atoms with van der Waals surface area (Å²) in [6.45, 7) is 0. The molecule has 0 bridgehead atoms. The van der Waals surface area contributed by atoms with E-state index in [0.717, 1.165) is 18.2 Å². The van der Waals surface area contributed by atoms with Crippen molar-refractivity contribution in [2.45, 2.75) is 0 Å². The summed E-state index contributed by atoms with van der Waals surface area (Å²) in [6.07, 6.45) is 1.16. The maximum atomic E-state index is 12.5. The highest BCUT2D eigenvalue weighted by Gasteiger charge is 2.20. The first-order chi connectivity index (χ1) is 11.3. The van der Waals surface area contributed by atoms with Crippen molar-refractivity contribution in [3.63, 3.8) is 0 Å². The number of phenolic OH excluding ortho intramolecular Hbond substituents is 1. The van der Waals surface area contributed by atoms with Crippen LogP contribution in [0, 0.1) is 21.4 Å². The Morgan fingerprint density at radius 1 is 1.25 bits per heavy atom. The number of benzene rings is 2. The Kier molecular flexibility index (Phi) is 5.19. The predicted octanol–water partition coefficient (Wildman–Crippen LogP) is 4.40. The van der Waals surface area contributed by atoms with Gasteiger partial charge in [-0.2, -0.15) is 5.26 Å². The van der Waals surface area contributed by atoms with Gasteiger partial charge in [0, 0.05) is 6.07 Å². The second kappa shape index (κ2) is 7.13. The molecule has 6 nitrogen and oxygen atoms in total. The van der Waals surface area contributed by atoms with Gasteiger partial charge >= 0.3 is 5.69 Å². The second-order valence-electron chi connectivity index (χ2n) is 4.60. The summed E-state index contributed by atoms with van der Waals surface area (Å²) in [4.78, 5) is 22.5. The van der Waals surface area contributed by atoms with E-state index in [0.29, 0.717) is 0 Å². The molecule has 0 heterocycles. The van der Waals surface area contributed by atoms with Crippen LogP contribution in [0.15, 0.2) is 42.0 Å². The maximum Gasteiger partial charge on any atom is 0.311 e. The van der Waals surface area contributed by atoms with Gasteiger partial charge in [-0.1, -0.05) is 35.3 Å². The summed E-state index contributed by atoms with van der Waals surface area (Å²) < 4.78 is 0. The van der Waals surface area contributed by atoms with Crippen LogP contribution in [0.25, 0.3) is 6.08 Å². The highest BCUT2D eigenvalue weighted by Crippen LogP contribution is 2.29. The minimum atomic E-state index is -0.772. The van der Waals surface area contributed by atoms with E-state index >= 15 is 0 Å². The number of allylic oxidation sites excluding steroid dienone is 1. The first-order valence-electron chi connectivity index (χ1n) is 6.43. The van der Waals surface area contributed by atoms with Crippen LogP contribution < -0.4 is 0 Å². The Labute approximate surface area is 146 Å². The number of halogens is 2. The summed E-state index contributed by atoms with van der Waals surface area (Å²) in [5.74, 6) is -1.22. The summed E-state index contributed by atoms with van der Waals surface area (Å²) >= 11 is 11.9.